The van der Waals surface area contributed by atoms with E-state index in [1.54, 1.807) is 17.1 Å². The van der Waals surface area contributed by atoms with Crippen LogP contribution in [0.1, 0.15) is 26.3 Å². The maximum Gasteiger partial charge on any atom is 0.248 e. The third-order valence-corrected chi connectivity index (χ3v) is 5.34. The molecule has 0 unspecified atom stereocenters. The number of hydrogen-bond donors (Lipinski definition) is 0. The van der Waals surface area contributed by atoms with Crippen LogP contribution in [0.4, 0.5) is 0 Å². The van der Waals surface area contributed by atoms with Gasteiger partial charge in [0.25, 0.3) is 0 Å². The molecule has 7 nitrogen and oxygen atoms in total. The molecule has 4 heterocycles. The first-order valence-electron chi connectivity index (χ1n) is 10.5. The second-order valence-electron chi connectivity index (χ2n) is 8.87. The summed E-state index contributed by atoms with van der Waals surface area (Å²) in [6.07, 6.45) is 11.3. The Morgan fingerprint density at radius 3 is 2.62 bits per heavy atom. The number of imidazole rings is 1. The lowest BCUT2D eigenvalue weighted by atomic mass is 9.88. The van der Waals surface area contributed by atoms with Gasteiger partial charge in [-0.2, -0.15) is 5.10 Å². The summed E-state index contributed by atoms with van der Waals surface area (Å²) in [5.74, 6) is 2.13. The van der Waals surface area contributed by atoms with Crippen LogP contribution < -0.4 is 9.30 Å². The van der Waals surface area contributed by atoms with Crippen LogP contribution in [0.3, 0.4) is 0 Å². The molecule has 0 N–H and O–H groups in total. The van der Waals surface area contributed by atoms with Gasteiger partial charge in [-0.1, -0.05) is 26.8 Å². The van der Waals surface area contributed by atoms with Gasteiger partial charge in [0.15, 0.2) is 5.82 Å². The number of pyridine rings is 2. The van der Waals surface area contributed by atoms with Gasteiger partial charge in [-0.05, 0) is 35.2 Å². The molecule has 0 saturated heterocycles. The summed E-state index contributed by atoms with van der Waals surface area (Å²) in [5.41, 5.74) is 3.87. The fraction of sp³-hybridized carbons (Fsp3) is 0.200. The number of fused-ring (bicyclic) bond motifs is 1. The standard InChI is InChI=1S/C25H25N6O/c1-25(2,3)18-8-9-26-24(12-18)31-23-14-21(15-27-22(23)16-28-31)32-20-7-5-6-19(13-20)30-11-10-29(4)17-30/h5-17H,1-4H3/q+1. The van der Waals surface area contributed by atoms with Crippen LogP contribution in [-0.4, -0.2) is 24.3 Å². The van der Waals surface area contributed by atoms with Crippen LogP contribution in [0.25, 0.3) is 22.5 Å². The zero-order valence-corrected chi connectivity index (χ0v) is 18.6. The van der Waals surface area contributed by atoms with E-state index in [1.165, 1.54) is 5.56 Å². The molecular weight excluding hydrogens is 400 g/mol. The van der Waals surface area contributed by atoms with Crippen molar-refractivity contribution in [1.29, 1.82) is 0 Å². The molecule has 0 saturated carbocycles. The molecule has 4 aromatic heterocycles. The van der Waals surface area contributed by atoms with Crippen molar-refractivity contribution in [2.45, 2.75) is 26.2 Å². The van der Waals surface area contributed by atoms with Crippen LogP contribution in [0, 0.1) is 0 Å². The molecule has 0 atom stereocenters. The molecule has 5 aromatic rings. The molecule has 160 valence electrons. The molecular formula is C25H25N6O+. The summed E-state index contributed by atoms with van der Waals surface area (Å²) >= 11 is 0. The van der Waals surface area contributed by atoms with Crippen molar-refractivity contribution in [3.8, 4) is 23.0 Å². The number of rotatable bonds is 4. The normalized spacial score (nSPS) is 11.8. The number of ether oxygens (including phenoxy) is 1. The fourth-order valence-corrected chi connectivity index (χ4v) is 3.57. The van der Waals surface area contributed by atoms with Crippen LogP contribution in [0.5, 0.6) is 11.5 Å². The van der Waals surface area contributed by atoms with E-state index in [-0.39, 0.29) is 5.41 Å². The number of aromatic nitrogens is 6. The first-order valence-corrected chi connectivity index (χ1v) is 10.5. The highest BCUT2D eigenvalue weighted by atomic mass is 16.5. The summed E-state index contributed by atoms with van der Waals surface area (Å²) in [7, 11) is 1.99. The van der Waals surface area contributed by atoms with Crippen LogP contribution >= 0.6 is 0 Å². The Labute approximate surface area is 186 Å². The molecule has 0 aliphatic carbocycles. The van der Waals surface area contributed by atoms with Crippen LogP contribution in [0.15, 0.2) is 79.8 Å². The minimum Gasteiger partial charge on any atom is -0.456 e. The second-order valence-corrected chi connectivity index (χ2v) is 8.87. The minimum atomic E-state index is 0.0228. The van der Waals surface area contributed by atoms with E-state index in [9.17, 15) is 0 Å². The molecule has 0 aliphatic heterocycles. The third kappa shape index (κ3) is 3.85. The largest absolute Gasteiger partial charge is 0.456 e. The lowest BCUT2D eigenvalue weighted by molar-refractivity contribution is -0.670. The Hall–Kier alpha value is -4.00. The predicted molar refractivity (Wildman–Crippen MR) is 122 cm³/mol. The molecule has 7 heteroatoms. The zero-order chi connectivity index (χ0) is 22.3. The van der Waals surface area contributed by atoms with Crippen molar-refractivity contribution in [1.82, 2.24) is 24.3 Å². The first-order chi connectivity index (χ1) is 15.4. The van der Waals surface area contributed by atoms with E-state index in [1.807, 2.05) is 77.5 Å². The monoisotopic (exact) mass is 425 g/mol. The number of aryl methyl sites for hydroxylation is 1. The van der Waals surface area contributed by atoms with Gasteiger partial charge in [0.1, 0.15) is 35.1 Å². The van der Waals surface area contributed by atoms with E-state index in [0.29, 0.717) is 5.75 Å². The smallest absolute Gasteiger partial charge is 0.248 e. The lowest BCUT2D eigenvalue weighted by Gasteiger charge is -2.19. The van der Waals surface area contributed by atoms with Gasteiger partial charge < -0.3 is 4.74 Å². The number of hydrogen-bond acceptors (Lipinski definition) is 4. The summed E-state index contributed by atoms with van der Waals surface area (Å²) in [6, 6.07) is 14.0. The van der Waals surface area contributed by atoms with Gasteiger partial charge in [0, 0.05) is 18.3 Å². The Morgan fingerprint density at radius 1 is 0.969 bits per heavy atom. The van der Waals surface area contributed by atoms with Gasteiger partial charge in [-0.3, -0.25) is 0 Å². The predicted octanol–water partition coefficient (Wildman–Crippen LogP) is 4.52. The van der Waals surface area contributed by atoms with Crippen molar-refractivity contribution < 1.29 is 9.30 Å². The highest BCUT2D eigenvalue weighted by Crippen LogP contribution is 2.28. The molecule has 0 radical (unpaired) electrons. The van der Waals surface area contributed by atoms with Crippen LogP contribution in [0.2, 0.25) is 0 Å². The van der Waals surface area contributed by atoms with E-state index >= 15 is 0 Å². The summed E-state index contributed by atoms with van der Waals surface area (Å²) in [5, 5.41) is 4.52. The van der Waals surface area contributed by atoms with Crippen molar-refractivity contribution >= 4 is 11.0 Å². The Balaban J connectivity index is 1.49. The van der Waals surface area contributed by atoms with Gasteiger partial charge in [-0.15, -0.1) is 0 Å². The highest BCUT2D eigenvalue weighted by molar-refractivity contribution is 5.77. The summed E-state index contributed by atoms with van der Waals surface area (Å²) in [6.45, 7) is 6.55. The van der Waals surface area contributed by atoms with Gasteiger partial charge in [-0.25, -0.2) is 23.8 Å². The molecule has 5 rings (SSSR count). The quantitative estimate of drug-likeness (QED) is 0.397. The maximum absolute atomic E-state index is 6.15. The summed E-state index contributed by atoms with van der Waals surface area (Å²) < 4.78 is 12.0. The SMILES string of the molecule is C[n+]1ccn(-c2cccc(Oc3cnc4cnn(-c5cc(C(C)(C)C)ccn5)c4c3)c2)c1. The van der Waals surface area contributed by atoms with Crippen molar-refractivity contribution in [2.75, 3.05) is 0 Å². The molecule has 1 aromatic carbocycles. The molecule has 0 aliphatic rings. The van der Waals surface area contributed by atoms with Gasteiger partial charge in [0.05, 0.1) is 25.0 Å². The van der Waals surface area contributed by atoms with E-state index in [2.05, 4.69) is 41.9 Å². The van der Waals surface area contributed by atoms with Crippen molar-refractivity contribution in [2.24, 2.45) is 7.05 Å². The van der Waals surface area contributed by atoms with Gasteiger partial charge >= 0.3 is 0 Å². The first kappa shape index (κ1) is 19.9. The number of benzene rings is 1. The molecule has 0 bridgehead atoms. The minimum absolute atomic E-state index is 0.0228. The van der Waals surface area contributed by atoms with E-state index in [4.69, 9.17) is 4.74 Å². The third-order valence-electron chi connectivity index (χ3n) is 5.34. The maximum atomic E-state index is 6.15. The van der Waals surface area contributed by atoms with Gasteiger partial charge in [0.2, 0.25) is 6.33 Å². The van der Waals surface area contributed by atoms with Crippen molar-refractivity contribution in [3.05, 3.63) is 85.3 Å². The Morgan fingerprint density at radius 2 is 1.84 bits per heavy atom. The molecule has 0 amide bonds. The molecule has 32 heavy (non-hydrogen) atoms. The zero-order valence-electron chi connectivity index (χ0n) is 18.6. The average Bonchev–Trinajstić information content (AvgIpc) is 3.39. The fourth-order valence-electron chi connectivity index (χ4n) is 3.57. The average molecular weight is 426 g/mol. The molecule has 0 spiro atoms. The Bertz CT molecular complexity index is 1410. The summed E-state index contributed by atoms with van der Waals surface area (Å²) in [4.78, 5) is 9.07. The highest BCUT2D eigenvalue weighted by Gasteiger charge is 2.16. The van der Waals surface area contributed by atoms with E-state index < -0.39 is 0 Å². The van der Waals surface area contributed by atoms with E-state index in [0.717, 1.165) is 28.3 Å². The Kier molecular flexibility index (Phi) is 4.74. The topological polar surface area (TPSA) is 61.6 Å². The lowest BCUT2D eigenvalue weighted by Crippen LogP contribution is -2.23. The van der Waals surface area contributed by atoms with Crippen molar-refractivity contribution in [3.63, 3.8) is 0 Å². The van der Waals surface area contributed by atoms with Crippen LogP contribution in [-0.2, 0) is 12.5 Å². The second kappa shape index (κ2) is 7.60. The molecule has 0 fully saturated rings. The number of nitrogens with zero attached hydrogens (tertiary/aromatic N) is 6.